The highest BCUT2D eigenvalue weighted by atomic mass is 35.5. The molecule has 2 aromatic carbocycles. The average Bonchev–Trinajstić information content (AvgIpc) is 3.16. The molecule has 4 aromatic rings. The Morgan fingerprint density at radius 3 is 2.50 bits per heavy atom. The Balaban J connectivity index is 1.66. The lowest BCUT2D eigenvalue weighted by molar-refractivity contribution is -0.137. The maximum Gasteiger partial charge on any atom is 0.417 e. The third kappa shape index (κ3) is 3.34. The van der Waals surface area contributed by atoms with Gasteiger partial charge in [-0.25, -0.2) is 9.67 Å². The van der Waals surface area contributed by atoms with Crippen molar-refractivity contribution in [2.75, 3.05) is 0 Å². The van der Waals surface area contributed by atoms with Crippen LogP contribution in [-0.4, -0.2) is 25.8 Å². The number of aromatic nitrogens is 4. The van der Waals surface area contributed by atoms with Gasteiger partial charge >= 0.3 is 6.18 Å². The van der Waals surface area contributed by atoms with Crippen molar-refractivity contribution in [2.24, 2.45) is 0 Å². The Kier molecular flexibility index (Phi) is 4.35. The van der Waals surface area contributed by atoms with Crippen molar-refractivity contribution in [2.45, 2.75) is 6.18 Å². The van der Waals surface area contributed by atoms with E-state index < -0.39 is 11.7 Å². The molecule has 0 atom stereocenters. The first-order chi connectivity index (χ1) is 13.3. The van der Waals surface area contributed by atoms with Gasteiger partial charge in [-0.2, -0.15) is 13.2 Å². The summed E-state index contributed by atoms with van der Waals surface area (Å²) in [4.78, 5) is 16.4. The van der Waals surface area contributed by atoms with Gasteiger partial charge in [0.05, 0.1) is 16.8 Å². The number of hydrogen-bond acceptors (Lipinski definition) is 4. The number of hydrogen-bond donors (Lipinski definition) is 0. The van der Waals surface area contributed by atoms with Gasteiger partial charge in [-0.1, -0.05) is 53.2 Å². The number of alkyl halides is 3. The minimum absolute atomic E-state index is 0.0213. The van der Waals surface area contributed by atoms with Crippen LogP contribution in [-0.2, 0) is 6.18 Å². The first-order valence-corrected chi connectivity index (χ1v) is 8.40. The number of nitrogens with zero attached hydrogens (tertiary/aromatic N) is 4. The van der Waals surface area contributed by atoms with Crippen molar-refractivity contribution < 1.29 is 18.0 Å². The highest BCUT2D eigenvalue weighted by Gasteiger charge is 2.32. The highest BCUT2D eigenvalue weighted by molar-refractivity contribution is 6.32. The third-order valence-electron chi connectivity index (χ3n) is 4.10. The van der Waals surface area contributed by atoms with Crippen molar-refractivity contribution in [3.63, 3.8) is 0 Å². The SMILES string of the molecule is O=C(c1ccc2ccccc2c1)c1cn(-c2ncc(C(F)(F)F)cc2Cl)nn1. The Bertz CT molecular complexity index is 1200. The van der Waals surface area contributed by atoms with Crippen LogP contribution in [0, 0.1) is 0 Å². The molecule has 2 heterocycles. The van der Waals surface area contributed by atoms with E-state index in [2.05, 4.69) is 15.3 Å². The van der Waals surface area contributed by atoms with Crippen LogP contribution >= 0.6 is 11.6 Å². The third-order valence-corrected chi connectivity index (χ3v) is 4.38. The van der Waals surface area contributed by atoms with Gasteiger partial charge in [0.15, 0.2) is 11.5 Å². The van der Waals surface area contributed by atoms with Crippen LogP contribution in [0.5, 0.6) is 0 Å². The number of ketones is 1. The molecule has 0 fully saturated rings. The summed E-state index contributed by atoms with van der Waals surface area (Å²) in [5.74, 6) is -0.431. The van der Waals surface area contributed by atoms with Gasteiger partial charge < -0.3 is 0 Å². The number of carbonyl (C=O) groups is 1. The molecule has 0 saturated heterocycles. The van der Waals surface area contributed by atoms with Gasteiger partial charge in [-0.05, 0) is 22.9 Å². The summed E-state index contributed by atoms with van der Waals surface area (Å²) in [6.45, 7) is 0. The zero-order valence-corrected chi connectivity index (χ0v) is 14.7. The summed E-state index contributed by atoms with van der Waals surface area (Å²) in [5.41, 5.74) is -0.542. The van der Waals surface area contributed by atoms with E-state index >= 15 is 0 Å². The van der Waals surface area contributed by atoms with E-state index in [1.165, 1.54) is 6.20 Å². The Morgan fingerprint density at radius 1 is 1.04 bits per heavy atom. The smallest absolute Gasteiger partial charge is 0.287 e. The van der Waals surface area contributed by atoms with Crippen molar-refractivity contribution in [3.8, 4) is 5.82 Å². The van der Waals surface area contributed by atoms with E-state index in [0.29, 0.717) is 11.8 Å². The normalized spacial score (nSPS) is 11.7. The van der Waals surface area contributed by atoms with Crippen LogP contribution in [0.1, 0.15) is 21.6 Å². The number of carbonyl (C=O) groups excluding carboxylic acids is 1. The van der Waals surface area contributed by atoms with E-state index in [4.69, 9.17) is 11.6 Å². The van der Waals surface area contributed by atoms with Gasteiger partial charge in [0, 0.05) is 11.8 Å². The van der Waals surface area contributed by atoms with Gasteiger partial charge in [0.25, 0.3) is 0 Å². The quantitative estimate of drug-likeness (QED) is 0.465. The Labute approximate surface area is 161 Å². The molecule has 0 saturated carbocycles. The van der Waals surface area contributed by atoms with Crippen molar-refractivity contribution >= 4 is 28.2 Å². The molecule has 4 rings (SSSR count). The molecule has 0 unspecified atom stereocenters. The van der Waals surface area contributed by atoms with E-state index in [1.54, 1.807) is 12.1 Å². The summed E-state index contributed by atoms with van der Waals surface area (Å²) in [7, 11) is 0. The summed E-state index contributed by atoms with van der Waals surface area (Å²) in [5, 5.41) is 9.20. The number of benzene rings is 2. The second-order valence-electron chi connectivity index (χ2n) is 5.97. The average molecular weight is 403 g/mol. The van der Waals surface area contributed by atoms with Crippen LogP contribution in [0.2, 0.25) is 5.02 Å². The monoisotopic (exact) mass is 402 g/mol. The van der Waals surface area contributed by atoms with Crippen LogP contribution in [0.25, 0.3) is 16.6 Å². The topological polar surface area (TPSA) is 60.7 Å². The first kappa shape index (κ1) is 18.1. The molecule has 28 heavy (non-hydrogen) atoms. The number of rotatable bonds is 3. The maximum atomic E-state index is 12.7. The molecule has 0 bridgehead atoms. The number of halogens is 4. The van der Waals surface area contributed by atoms with E-state index in [1.807, 2.05) is 30.3 Å². The zero-order chi connectivity index (χ0) is 19.9. The summed E-state index contributed by atoms with van der Waals surface area (Å²) >= 11 is 5.91. The molecular weight excluding hydrogens is 393 g/mol. The predicted octanol–water partition coefficient (Wildman–Crippen LogP) is 4.72. The lowest BCUT2D eigenvalue weighted by atomic mass is 10.0. The summed E-state index contributed by atoms with van der Waals surface area (Å²) in [6.07, 6.45) is -2.64. The van der Waals surface area contributed by atoms with Crippen molar-refractivity contribution in [3.05, 3.63) is 82.8 Å². The molecule has 0 spiro atoms. The predicted molar refractivity (Wildman–Crippen MR) is 96.5 cm³/mol. The van der Waals surface area contributed by atoms with E-state index in [0.717, 1.165) is 21.5 Å². The fourth-order valence-corrected chi connectivity index (χ4v) is 2.96. The molecule has 0 N–H and O–H groups in total. The number of pyridine rings is 1. The fourth-order valence-electron chi connectivity index (χ4n) is 2.70. The standard InChI is InChI=1S/C19H10ClF3N4O/c20-15-8-14(19(21,22)23)9-24-18(15)27-10-16(25-26-27)17(28)13-6-5-11-3-1-2-4-12(11)7-13/h1-10H. The van der Waals surface area contributed by atoms with Gasteiger partial charge in [-0.15, -0.1) is 5.10 Å². The minimum atomic E-state index is -4.56. The molecule has 9 heteroatoms. The zero-order valence-electron chi connectivity index (χ0n) is 14.0. The van der Waals surface area contributed by atoms with Crippen LogP contribution in [0.4, 0.5) is 13.2 Å². The highest BCUT2D eigenvalue weighted by Crippen LogP contribution is 2.31. The van der Waals surface area contributed by atoms with E-state index in [9.17, 15) is 18.0 Å². The molecule has 0 aliphatic heterocycles. The first-order valence-electron chi connectivity index (χ1n) is 8.02. The van der Waals surface area contributed by atoms with E-state index in [-0.39, 0.29) is 22.3 Å². The van der Waals surface area contributed by atoms with Crippen molar-refractivity contribution in [1.82, 2.24) is 20.0 Å². The second kappa shape index (κ2) is 6.72. The lowest BCUT2D eigenvalue weighted by Crippen LogP contribution is -2.08. The second-order valence-corrected chi connectivity index (χ2v) is 6.37. The van der Waals surface area contributed by atoms with Gasteiger partial charge in [-0.3, -0.25) is 4.79 Å². The molecule has 0 aliphatic rings. The van der Waals surface area contributed by atoms with Crippen LogP contribution in [0.15, 0.2) is 60.9 Å². The Morgan fingerprint density at radius 2 is 1.79 bits per heavy atom. The Hall–Kier alpha value is -3.26. The summed E-state index contributed by atoms with van der Waals surface area (Å²) in [6, 6.07) is 13.6. The molecular formula is C19H10ClF3N4O. The fraction of sp³-hybridized carbons (Fsp3) is 0.0526. The molecule has 0 radical (unpaired) electrons. The number of fused-ring (bicyclic) bond motifs is 1. The molecule has 2 aromatic heterocycles. The van der Waals surface area contributed by atoms with Gasteiger partial charge in [0.1, 0.15) is 0 Å². The summed E-state index contributed by atoms with van der Waals surface area (Å²) < 4.78 is 39.3. The van der Waals surface area contributed by atoms with Crippen molar-refractivity contribution in [1.29, 1.82) is 0 Å². The van der Waals surface area contributed by atoms with Crippen LogP contribution < -0.4 is 0 Å². The minimum Gasteiger partial charge on any atom is -0.287 e. The lowest BCUT2D eigenvalue weighted by Gasteiger charge is -2.08. The largest absolute Gasteiger partial charge is 0.417 e. The molecule has 0 aliphatic carbocycles. The molecule has 140 valence electrons. The molecule has 5 nitrogen and oxygen atoms in total. The van der Waals surface area contributed by atoms with Crippen LogP contribution in [0.3, 0.4) is 0 Å². The molecule has 0 amide bonds. The maximum absolute atomic E-state index is 12.7. The van der Waals surface area contributed by atoms with Gasteiger partial charge in [0.2, 0.25) is 5.78 Å².